The summed E-state index contributed by atoms with van der Waals surface area (Å²) in [5, 5.41) is 3.45. The van der Waals surface area contributed by atoms with Crippen LogP contribution in [0.3, 0.4) is 0 Å². The van der Waals surface area contributed by atoms with Crippen molar-refractivity contribution in [3.63, 3.8) is 0 Å². The summed E-state index contributed by atoms with van der Waals surface area (Å²) in [6.45, 7) is 4.12. The minimum Gasteiger partial charge on any atom is -0.381 e. The van der Waals surface area contributed by atoms with Crippen molar-refractivity contribution < 1.29 is 4.74 Å². The van der Waals surface area contributed by atoms with E-state index >= 15 is 0 Å². The first-order valence-corrected chi connectivity index (χ1v) is 6.63. The third-order valence-electron chi connectivity index (χ3n) is 3.56. The van der Waals surface area contributed by atoms with Crippen molar-refractivity contribution in [3.05, 3.63) is 0 Å². The molecule has 0 heterocycles. The monoisotopic (exact) mass is 213 g/mol. The summed E-state index contributed by atoms with van der Waals surface area (Å²) in [6, 6.07) is 0.744. The van der Waals surface area contributed by atoms with Crippen LogP contribution in [-0.2, 0) is 4.74 Å². The maximum absolute atomic E-state index is 5.64. The fraction of sp³-hybridized carbons (Fsp3) is 1.00. The van der Waals surface area contributed by atoms with E-state index in [-0.39, 0.29) is 0 Å². The number of rotatable bonds is 7. The van der Waals surface area contributed by atoms with Gasteiger partial charge in [-0.1, -0.05) is 26.2 Å². The van der Waals surface area contributed by atoms with Crippen molar-refractivity contribution in [2.24, 2.45) is 5.92 Å². The molecular weight excluding hydrogens is 186 g/mol. The van der Waals surface area contributed by atoms with Gasteiger partial charge in [0.1, 0.15) is 0 Å². The lowest BCUT2D eigenvalue weighted by molar-refractivity contribution is 0.104. The summed E-state index contributed by atoms with van der Waals surface area (Å²) >= 11 is 0. The standard InChI is InChI=1S/C13H27NO/c1-3-4-10-15-11-9-12-7-5-6-8-13(12)14-2/h12-14H,3-11H2,1-2H3. The van der Waals surface area contributed by atoms with Crippen LogP contribution in [0.25, 0.3) is 0 Å². The van der Waals surface area contributed by atoms with Gasteiger partial charge in [0.2, 0.25) is 0 Å². The van der Waals surface area contributed by atoms with Gasteiger partial charge in [0.15, 0.2) is 0 Å². The molecule has 90 valence electrons. The van der Waals surface area contributed by atoms with Gasteiger partial charge in [0.25, 0.3) is 0 Å². The van der Waals surface area contributed by atoms with Gasteiger partial charge in [0, 0.05) is 19.3 Å². The van der Waals surface area contributed by atoms with Gasteiger partial charge < -0.3 is 10.1 Å². The zero-order valence-corrected chi connectivity index (χ0v) is 10.4. The van der Waals surface area contributed by atoms with Crippen LogP contribution in [0.2, 0.25) is 0 Å². The minimum atomic E-state index is 0.744. The lowest BCUT2D eigenvalue weighted by Crippen LogP contribution is -2.36. The van der Waals surface area contributed by atoms with Crippen LogP contribution in [0, 0.1) is 5.92 Å². The minimum absolute atomic E-state index is 0.744. The first kappa shape index (κ1) is 13.0. The average Bonchev–Trinajstić information content (AvgIpc) is 2.29. The Labute approximate surface area is 94.8 Å². The van der Waals surface area contributed by atoms with Crippen LogP contribution >= 0.6 is 0 Å². The van der Waals surface area contributed by atoms with Crippen molar-refractivity contribution in [2.75, 3.05) is 20.3 Å². The van der Waals surface area contributed by atoms with Gasteiger partial charge in [-0.15, -0.1) is 0 Å². The molecule has 0 aromatic carbocycles. The van der Waals surface area contributed by atoms with Crippen LogP contribution in [-0.4, -0.2) is 26.3 Å². The van der Waals surface area contributed by atoms with Crippen molar-refractivity contribution in [1.82, 2.24) is 5.32 Å². The zero-order chi connectivity index (χ0) is 10.9. The van der Waals surface area contributed by atoms with Gasteiger partial charge >= 0.3 is 0 Å². The molecule has 0 saturated heterocycles. The molecule has 2 atom stereocenters. The molecule has 0 bridgehead atoms. The highest BCUT2D eigenvalue weighted by atomic mass is 16.5. The van der Waals surface area contributed by atoms with Crippen LogP contribution in [0.1, 0.15) is 51.9 Å². The highest BCUT2D eigenvalue weighted by molar-refractivity contribution is 4.79. The third-order valence-corrected chi connectivity index (χ3v) is 3.56. The van der Waals surface area contributed by atoms with Crippen LogP contribution in [0.5, 0.6) is 0 Å². The largest absolute Gasteiger partial charge is 0.381 e. The summed E-state index contributed by atoms with van der Waals surface area (Å²) in [7, 11) is 2.10. The maximum Gasteiger partial charge on any atom is 0.0469 e. The SMILES string of the molecule is CCCCOCCC1CCCCC1NC. The fourth-order valence-electron chi connectivity index (χ4n) is 2.52. The van der Waals surface area contributed by atoms with E-state index in [1.165, 1.54) is 44.9 Å². The van der Waals surface area contributed by atoms with E-state index in [9.17, 15) is 0 Å². The maximum atomic E-state index is 5.64. The van der Waals surface area contributed by atoms with Gasteiger partial charge in [-0.2, -0.15) is 0 Å². The molecule has 1 aliphatic carbocycles. The Morgan fingerprint density at radius 3 is 2.73 bits per heavy atom. The van der Waals surface area contributed by atoms with Crippen molar-refractivity contribution in [3.8, 4) is 0 Å². The molecule has 0 spiro atoms. The van der Waals surface area contributed by atoms with E-state index in [0.717, 1.165) is 25.2 Å². The Bertz CT molecular complexity index is 149. The molecule has 0 amide bonds. The first-order valence-electron chi connectivity index (χ1n) is 6.63. The summed E-state index contributed by atoms with van der Waals surface area (Å²) in [5.74, 6) is 0.852. The Balaban J connectivity index is 2.07. The Hall–Kier alpha value is -0.0800. The first-order chi connectivity index (χ1) is 7.38. The number of unbranched alkanes of at least 4 members (excludes halogenated alkanes) is 1. The molecule has 1 saturated carbocycles. The van der Waals surface area contributed by atoms with E-state index in [2.05, 4.69) is 19.3 Å². The molecule has 2 heteroatoms. The molecule has 0 aromatic rings. The summed E-state index contributed by atoms with van der Waals surface area (Å²) < 4.78 is 5.64. The van der Waals surface area contributed by atoms with Crippen molar-refractivity contribution in [1.29, 1.82) is 0 Å². The van der Waals surface area contributed by atoms with Crippen LogP contribution < -0.4 is 5.32 Å². The van der Waals surface area contributed by atoms with Crippen molar-refractivity contribution in [2.45, 2.75) is 57.9 Å². The number of nitrogens with one attached hydrogen (secondary N) is 1. The topological polar surface area (TPSA) is 21.3 Å². The summed E-state index contributed by atoms with van der Waals surface area (Å²) in [6.07, 6.45) is 9.26. The second-order valence-electron chi connectivity index (χ2n) is 4.69. The van der Waals surface area contributed by atoms with Gasteiger partial charge in [0.05, 0.1) is 0 Å². The molecule has 15 heavy (non-hydrogen) atoms. The molecule has 1 aliphatic rings. The third kappa shape index (κ3) is 4.98. The van der Waals surface area contributed by atoms with Crippen LogP contribution in [0.4, 0.5) is 0 Å². The Kier molecular flexibility index (Phi) is 7.03. The van der Waals surface area contributed by atoms with Crippen molar-refractivity contribution >= 4 is 0 Å². The second-order valence-corrected chi connectivity index (χ2v) is 4.69. The summed E-state index contributed by atoms with van der Waals surface area (Å²) in [5.41, 5.74) is 0. The Morgan fingerprint density at radius 2 is 2.00 bits per heavy atom. The van der Waals surface area contributed by atoms with E-state index in [1.54, 1.807) is 0 Å². The highest BCUT2D eigenvalue weighted by Crippen LogP contribution is 2.26. The predicted molar refractivity (Wildman–Crippen MR) is 65.1 cm³/mol. The molecule has 0 radical (unpaired) electrons. The average molecular weight is 213 g/mol. The number of hydrogen-bond donors (Lipinski definition) is 1. The van der Waals surface area contributed by atoms with Gasteiger partial charge in [-0.3, -0.25) is 0 Å². The number of hydrogen-bond acceptors (Lipinski definition) is 2. The predicted octanol–water partition coefficient (Wildman–Crippen LogP) is 2.97. The normalized spacial score (nSPS) is 26.8. The molecule has 1 N–H and O–H groups in total. The number of ether oxygens (including phenoxy) is 1. The quantitative estimate of drug-likeness (QED) is 0.656. The van der Waals surface area contributed by atoms with E-state index < -0.39 is 0 Å². The van der Waals surface area contributed by atoms with Gasteiger partial charge in [-0.25, -0.2) is 0 Å². The zero-order valence-electron chi connectivity index (χ0n) is 10.4. The fourth-order valence-corrected chi connectivity index (χ4v) is 2.52. The molecule has 1 rings (SSSR count). The molecular formula is C13H27NO. The lowest BCUT2D eigenvalue weighted by atomic mass is 9.83. The molecule has 0 aliphatic heterocycles. The smallest absolute Gasteiger partial charge is 0.0469 e. The molecule has 2 unspecified atom stereocenters. The van der Waals surface area contributed by atoms with E-state index in [0.29, 0.717) is 0 Å². The van der Waals surface area contributed by atoms with Crippen LogP contribution in [0.15, 0.2) is 0 Å². The van der Waals surface area contributed by atoms with E-state index in [4.69, 9.17) is 4.74 Å². The summed E-state index contributed by atoms with van der Waals surface area (Å²) in [4.78, 5) is 0. The molecule has 0 aromatic heterocycles. The Morgan fingerprint density at radius 1 is 1.20 bits per heavy atom. The lowest BCUT2D eigenvalue weighted by Gasteiger charge is -2.31. The highest BCUT2D eigenvalue weighted by Gasteiger charge is 2.22. The van der Waals surface area contributed by atoms with Gasteiger partial charge in [-0.05, 0) is 38.6 Å². The molecule has 1 fully saturated rings. The molecule has 2 nitrogen and oxygen atoms in total. The van der Waals surface area contributed by atoms with E-state index in [1.807, 2.05) is 0 Å². The second kappa shape index (κ2) is 8.12.